The minimum atomic E-state index is -1.15. The van der Waals surface area contributed by atoms with Crippen molar-refractivity contribution in [2.45, 2.75) is 89.8 Å². The van der Waals surface area contributed by atoms with Gasteiger partial charge >= 0.3 is 35.5 Å². The Morgan fingerprint density at radius 1 is 1.11 bits per heavy atom. The molecule has 1 saturated carbocycles. The number of aromatic nitrogens is 2. The minimum absolute atomic E-state index is 0. The summed E-state index contributed by atoms with van der Waals surface area (Å²) in [7, 11) is 0. The summed E-state index contributed by atoms with van der Waals surface area (Å²) in [5.41, 5.74) is 2.41. The van der Waals surface area contributed by atoms with E-state index in [9.17, 15) is 24.2 Å². The number of carbonyl (C=O) groups excluding carboxylic acids is 1. The molecule has 1 aromatic heterocycles. The molecule has 2 aromatic rings. The SMILES string of the molecule is CC(C)c1c(C(=O)NCC2CCCCC2)nn(-c2ccc(F)cc2)c1CC[C@@H](O)C[C@@H](O)CC(=O)O.[NaH]. The Hall–Kier alpha value is -1.78. The van der Waals surface area contributed by atoms with Crippen LogP contribution in [0.5, 0.6) is 0 Å². The van der Waals surface area contributed by atoms with E-state index in [0.717, 1.165) is 24.1 Å². The molecule has 0 saturated heterocycles. The molecular formula is C27H39FN3NaO5. The topological polar surface area (TPSA) is 125 Å². The number of hydrogen-bond acceptors (Lipinski definition) is 5. The summed E-state index contributed by atoms with van der Waals surface area (Å²) in [4.78, 5) is 24.1. The van der Waals surface area contributed by atoms with Gasteiger partial charge in [-0.2, -0.15) is 5.10 Å². The molecule has 1 fully saturated rings. The number of aliphatic carboxylic acids is 1. The van der Waals surface area contributed by atoms with E-state index in [0.29, 0.717) is 30.3 Å². The molecule has 1 aliphatic carbocycles. The summed E-state index contributed by atoms with van der Waals surface area (Å²) in [6.45, 7) is 4.55. The number of benzene rings is 1. The Labute approximate surface area is 239 Å². The summed E-state index contributed by atoms with van der Waals surface area (Å²) >= 11 is 0. The van der Waals surface area contributed by atoms with Crippen molar-refractivity contribution in [3.63, 3.8) is 0 Å². The fraction of sp³-hybridized carbons (Fsp3) is 0.593. The second kappa shape index (κ2) is 15.0. The van der Waals surface area contributed by atoms with Crippen molar-refractivity contribution in [1.29, 1.82) is 0 Å². The second-order valence-electron chi connectivity index (χ2n) is 10.1. The monoisotopic (exact) mass is 527 g/mol. The van der Waals surface area contributed by atoms with Gasteiger partial charge in [0, 0.05) is 17.8 Å². The van der Waals surface area contributed by atoms with E-state index in [1.807, 2.05) is 13.8 Å². The zero-order chi connectivity index (χ0) is 26.2. The van der Waals surface area contributed by atoms with Gasteiger partial charge in [0.05, 0.1) is 24.3 Å². The molecule has 0 unspecified atom stereocenters. The van der Waals surface area contributed by atoms with Gasteiger partial charge in [-0.05, 0) is 68.2 Å². The van der Waals surface area contributed by atoms with E-state index in [-0.39, 0.29) is 60.0 Å². The molecule has 4 N–H and O–H groups in total. The number of halogens is 1. The number of carbonyl (C=O) groups is 2. The average Bonchev–Trinajstić information content (AvgIpc) is 3.21. The number of amides is 1. The normalized spacial score (nSPS) is 15.7. The first-order chi connectivity index (χ1) is 17.2. The number of carboxylic acid groups (broad SMARTS) is 1. The van der Waals surface area contributed by atoms with Gasteiger partial charge in [-0.25, -0.2) is 9.07 Å². The number of aliphatic hydroxyl groups excluding tert-OH is 2. The van der Waals surface area contributed by atoms with E-state index < -0.39 is 24.6 Å². The van der Waals surface area contributed by atoms with Gasteiger partial charge in [-0.1, -0.05) is 33.1 Å². The molecule has 3 rings (SSSR count). The van der Waals surface area contributed by atoms with Crippen molar-refractivity contribution < 1.29 is 29.3 Å². The Balaban J connectivity index is 0.00000481. The molecule has 8 nitrogen and oxygen atoms in total. The van der Waals surface area contributed by atoms with Gasteiger partial charge in [0.2, 0.25) is 0 Å². The Morgan fingerprint density at radius 2 is 1.76 bits per heavy atom. The molecule has 0 aliphatic heterocycles. The van der Waals surface area contributed by atoms with Gasteiger partial charge < -0.3 is 20.6 Å². The Bertz CT molecular complexity index is 1020. The number of nitrogens with zero attached hydrogens (tertiary/aromatic N) is 2. The quantitative estimate of drug-likeness (QED) is 0.314. The van der Waals surface area contributed by atoms with Crippen molar-refractivity contribution in [3.8, 4) is 5.69 Å². The van der Waals surface area contributed by atoms with Crippen LogP contribution in [-0.4, -0.2) is 85.3 Å². The summed E-state index contributed by atoms with van der Waals surface area (Å²) in [5, 5.41) is 36.9. The number of aliphatic hydroxyl groups is 2. The number of nitrogens with one attached hydrogen (secondary N) is 1. The fourth-order valence-corrected chi connectivity index (χ4v) is 5.01. The first-order valence-corrected chi connectivity index (χ1v) is 12.9. The molecule has 10 heteroatoms. The second-order valence-corrected chi connectivity index (χ2v) is 10.1. The third-order valence-electron chi connectivity index (χ3n) is 6.83. The van der Waals surface area contributed by atoms with Crippen LogP contribution < -0.4 is 5.32 Å². The van der Waals surface area contributed by atoms with Crippen LogP contribution in [0.2, 0.25) is 0 Å². The van der Waals surface area contributed by atoms with E-state index in [1.165, 1.54) is 31.4 Å². The van der Waals surface area contributed by atoms with Gasteiger partial charge in [0.1, 0.15) is 5.82 Å². The Morgan fingerprint density at radius 3 is 2.35 bits per heavy atom. The predicted octanol–water partition coefficient (Wildman–Crippen LogP) is 3.32. The molecule has 1 aromatic carbocycles. The standard InChI is InChI=1S/C27H38FN3O5.Na.H/c1-17(2)25-23(13-12-21(32)14-22(33)15-24(34)35)31(20-10-8-19(28)9-11-20)30-26(25)27(36)29-16-18-6-4-3-5-7-18;;/h8-11,17-18,21-22,32-33H,3-7,12-16H2,1-2H3,(H,29,36)(H,34,35);;/t21-,22-;;/m1../s1. The summed E-state index contributed by atoms with van der Waals surface area (Å²) in [6, 6.07) is 5.84. The van der Waals surface area contributed by atoms with Crippen LogP contribution in [0.25, 0.3) is 5.69 Å². The van der Waals surface area contributed by atoms with Gasteiger partial charge in [0.25, 0.3) is 5.91 Å². The molecule has 1 heterocycles. The fourth-order valence-electron chi connectivity index (χ4n) is 5.01. The number of carboxylic acids is 1. The third kappa shape index (κ3) is 9.18. The van der Waals surface area contributed by atoms with Crippen molar-refractivity contribution >= 4 is 41.4 Å². The van der Waals surface area contributed by atoms with Crippen LogP contribution in [-0.2, 0) is 11.2 Å². The van der Waals surface area contributed by atoms with Gasteiger partial charge in [-0.3, -0.25) is 9.59 Å². The third-order valence-corrected chi connectivity index (χ3v) is 6.83. The van der Waals surface area contributed by atoms with E-state index >= 15 is 0 Å². The predicted molar refractivity (Wildman–Crippen MR) is 141 cm³/mol. The van der Waals surface area contributed by atoms with E-state index in [2.05, 4.69) is 10.4 Å². The molecular weight excluding hydrogens is 488 g/mol. The molecule has 1 amide bonds. The molecule has 0 bridgehead atoms. The first-order valence-electron chi connectivity index (χ1n) is 12.9. The summed E-state index contributed by atoms with van der Waals surface area (Å²) in [6.07, 6.45) is 3.83. The van der Waals surface area contributed by atoms with Crippen molar-refractivity contribution in [2.75, 3.05) is 6.54 Å². The zero-order valence-corrected chi connectivity index (χ0v) is 21.1. The van der Waals surface area contributed by atoms with Crippen molar-refractivity contribution in [2.24, 2.45) is 5.92 Å². The van der Waals surface area contributed by atoms with Crippen LogP contribution in [0.1, 0.15) is 92.9 Å². The number of hydrogen-bond donors (Lipinski definition) is 4. The summed E-state index contributed by atoms with van der Waals surface area (Å²) < 4.78 is 15.2. The molecule has 2 atom stereocenters. The molecule has 0 radical (unpaired) electrons. The average molecular weight is 528 g/mol. The first kappa shape index (κ1) is 31.4. The van der Waals surface area contributed by atoms with Crippen molar-refractivity contribution in [3.05, 3.63) is 47.0 Å². The summed E-state index contributed by atoms with van der Waals surface area (Å²) in [5.74, 6) is -1.33. The van der Waals surface area contributed by atoms with Crippen LogP contribution in [0.4, 0.5) is 4.39 Å². The van der Waals surface area contributed by atoms with Crippen LogP contribution in [0, 0.1) is 11.7 Å². The Kier molecular flexibility index (Phi) is 12.7. The maximum atomic E-state index is 13.6. The molecule has 200 valence electrons. The van der Waals surface area contributed by atoms with Crippen LogP contribution in [0.3, 0.4) is 0 Å². The van der Waals surface area contributed by atoms with Crippen LogP contribution in [0.15, 0.2) is 24.3 Å². The van der Waals surface area contributed by atoms with Gasteiger partial charge in [-0.15, -0.1) is 0 Å². The van der Waals surface area contributed by atoms with Gasteiger partial charge in [0.15, 0.2) is 5.69 Å². The number of rotatable bonds is 12. The molecule has 37 heavy (non-hydrogen) atoms. The molecule has 1 aliphatic rings. The van der Waals surface area contributed by atoms with Crippen LogP contribution >= 0.6 is 0 Å². The van der Waals surface area contributed by atoms with Crippen molar-refractivity contribution in [1.82, 2.24) is 15.1 Å². The zero-order valence-electron chi connectivity index (χ0n) is 21.1. The molecule has 0 spiro atoms. The van der Waals surface area contributed by atoms with E-state index in [4.69, 9.17) is 5.11 Å². The van der Waals surface area contributed by atoms with E-state index in [1.54, 1.807) is 16.8 Å². The maximum absolute atomic E-state index is 13.6.